The van der Waals surface area contributed by atoms with Crippen molar-refractivity contribution in [1.29, 1.82) is 0 Å². The van der Waals surface area contributed by atoms with Crippen molar-refractivity contribution in [2.45, 2.75) is 32.4 Å². The molecule has 1 N–H and O–H groups in total. The monoisotopic (exact) mass is 311 g/mol. The van der Waals surface area contributed by atoms with Gasteiger partial charge in [-0.1, -0.05) is 13.8 Å². The van der Waals surface area contributed by atoms with Crippen LogP contribution in [-0.2, 0) is 14.4 Å². The van der Waals surface area contributed by atoms with E-state index in [0.717, 1.165) is 6.54 Å². The van der Waals surface area contributed by atoms with E-state index < -0.39 is 12.0 Å². The molecule has 2 aliphatic rings. The van der Waals surface area contributed by atoms with Crippen molar-refractivity contribution in [3.05, 3.63) is 0 Å². The zero-order valence-electron chi connectivity index (χ0n) is 13.7. The summed E-state index contributed by atoms with van der Waals surface area (Å²) in [5.41, 5.74) is 0. The van der Waals surface area contributed by atoms with Gasteiger partial charge in [0, 0.05) is 26.7 Å². The highest BCUT2D eigenvalue weighted by molar-refractivity contribution is 5.88. The molecule has 2 unspecified atom stereocenters. The van der Waals surface area contributed by atoms with Gasteiger partial charge < -0.3 is 14.9 Å². The summed E-state index contributed by atoms with van der Waals surface area (Å²) in [6.45, 7) is 5.33. The number of hydrogen-bond donors (Lipinski definition) is 1. The Hall–Kier alpha value is -1.63. The summed E-state index contributed by atoms with van der Waals surface area (Å²) in [4.78, 5) is 41.1. The third-order valence-corrected chi connectivity index (χ3v) is 4.64. The average Bonchev–Trinajstić information content (AvgIpc) is 2.97. The number of carboxylic acid groups (broad SMARTS) is 1. The zero-order chi connectivity index (χ0) is 16.6. The molecule has 2 amide bonds. The summed E-state index contributed by atoms with van der Waals surface area (Å²) >= 11 is 0. The zero-order valence-corrected chi connectivity index (χ0v) is 13.7. The van der Waals surface area contributed by atoms with Gasteiger partial charge in [0.2, 0.25) is 11.8 Å². The molecule has 124 valence electrons. The van der Waals surface area contributed by atoms with Crippen LogP contribution in [-0.4, -0.2) is 83.4 Å². The summed E-state index contributed by atoms with van der Waals surface area (Å²) in [6.07, 6.45) is 0.607. The van der Waals surface area contributed by atoms with E-state index >= 15 is 0 Å². The quantitative estimate of drug-likeness (QED) is 0.706. The molecule has 0 spiro atoms. The number of rotatable bonds is 5. The van der Waals surface area contributed by atoms with Crippen LogP contribution >= 0.6 is 0 Å². The highest BCUT2D eigenvalue weighted by Gasteiger charge is 2.43. The van der Waals surface area contributed by atoms with Crippen LogP contribution in [0.2, 0.25) is 0 Å². The molecule has 0 aromatic rings. The number of hydrogen-bond acceptors (Lipinski definition) is 4. The third-order valence-electron chi connectivity index (χ3n) is 4.64. The first-order valence-corrected chi connectivity index (χ1v) is 7.72. The smallest absolute Gasteiger partial charge is 0.326 e. The minimum absolute atomic E-state index is 0.0333. The van der Waals surface area contributed by atoms with E-state index in [-0.39, 0.29) is 29.7 Å². The molecule has 7 nitrogen and oxygen atoms in total. The number of likely N-dealkylation sites (N-methyl/N-ethyl adjacent to an activating group) is 2. The van der Waals surface area contributed by atoms with E-state index in [1.165, 1.54) is 4.90 Å². The van der Waals surface area contributed by atoms with Crippen LogP contribution in [0.15, 0.2) is 0 Å². The first kappa shape index (κ1) is 16.7. The van der Waals surface area contributed by atoms with Gasteiger partial charge in [0.1, 0.15) is 12.1 Å². The number of carboxylic acids is 1. The third kappa shape index (κ3) is 3.24. The summed E-state index contributed by atoms with van der Waals surface area (Å²) < 4.78 is 0. The van der Waals surface area contributed by atoms with Crippen molar-refractivity contribution in [2.24, 2.45) is 11.8 Å². The topological polar surface area (TPSA) is 80.9 Å². The molecule has 0 radical (unpaired) electrons. The van der Waals surface area contributed by atoms with Gasteiger partial charge in [0.15, 0.2) is 0 Å². The minimum atomic E-state index is -0.989. The fraction of sp³-hybridized carbons (Fsp3) is 0.800. The van der Waals surface area contributed by atoms with Gasteiger partial charge >= 0.3 is 5.97 Å². The molecular weight excluding hydrogens is 286 g/mol. The van der Waals surface area contributed by atoms with Gasteiger partial charge in [0.25, 0.3) is 0 Å². The minimum Gasteiger partial charge on any atom is -0.480 e. The Labute approximate surface area is 130 Å². The second kappa shape index (κ2) is 6.24. The summed E-state index contributed by atoms with van der Waals surface area (Å²) in [5, 5.41) is 9.29. The summed E-state index contributed by atoms with van der Waals surface area (Å²) in [5.74, 6) is -1.54. The summed E-state index contributed by atoms with van der Waals surface area (Å²) in [7, 11) is 3.44. The second-order valence-corrected chi connectivity index (χ2v) is 6.70. The van der Waals surface area contributed by atoms with E-state index in [1.54, 1.807) is 25.8 Å². The van der Waals surface area contributed by atoms with Gasteiger partial charge in [-0.05, 0) is 19.4 Å². The van der Waals surface area contributed by atoms with Crippen molar-refractivity contribution >= 4 is 17.8 Å². The van der Waals surface area contributed by atoms with E-state index in [9.17, 15) is 19.5 Å². The lowest BCUT2D eigenvalue weighted by Gasteiger charge is -2.29. The van der Waals surface area contributed by atoms with Gasteiger partial charge in [-0.3, -0.25) is 14.5 Å². The van der Waals surface area contributed by atoms with E-state index in [4.69, 9.17) is 0 Å². The predicted molar refractivity (Wildman–Crippen MR) is 80.1 cm³/mol. The fourth-order valence-corrected chi connectivity index (χ4v) is 3.19. The Bertz CT molecular complexity index is 479. The van der Waals surface area contributed by atoms with E-state index in [1.807, 2.05) is 11.9 Å². The largest absolute Gasteiger partial charge is 0.480 e. The van der Waals surface area contributed by atoms with Crippen LogP contribution in [0.5, 0.6) is 0 Å². The number of amides is 2. The standard InChI is InChI=1S/C15H25N3O4/c1-9(2)12(15(21)22)17(4)13(19)10-5-6-18(7-10)14(20)11-8-16(11)3/h9-12H,5-8H2,1-4H3,(H,21,22)/t10?,11-,12+,16?/m1/s1. The first-order chi connectivity index (χ1) is 10.2. The van der Waals surface area contributed by atoms with Crippen LogP contribution in [0, 0.1) is 11.8 Å². The highest BCUT2D eigenvalue weighted by Crippen LogP contribution is 2.25. The molecule has 2 rings (SSSR count). The van der Waals surface area contributed by atoms with Crippen LogP contribution in [0.1, 0.15) is 20.3 Å². The molecule has 0 saturated carbocycles. The molecule has 2 aliphatic heterocycles. The molecule has 22 heavy (non-hydrogen) atoms. The maximum atomic E-state index is 12.5. The van der Waals surface area contributed by atoms with Gasteiger partial charge in [-0.2, -0.15) is 0 Å². The van der Waals surface area contributed by atoms with Gasteiger partial charge in [-0.15, -0.1) is 0 Å². The molecule has 2 fully saturated rings. The Morgan fingerprint density at radius 3 is 2.27 bits per heavy atom. The van der Waals surface area contributed by atoms with Crippen LogP contribution < -0.4 is 0 Å². The predicted octanol–water partition coefficient (Wildman–Crippen LogP) is -0.283. The Morgan fingerprint density at radius 2 is 1.82 bits per heavy atom. The molecule has 7 heteroatoms. The molecule has 0 aliphatic carbocycles. The second-order valence-electron chi connectivity index (χ2n) is 6.70. The van der Waals surface area contributed by atoms with Crippen molar-refractivity contribution in [2.75, 3.05) is 33.7 Å². The molecule has 0 aromatic heterocycles. The number of carbonyl (C=O) groups excluding carboxylic acids is 2. The van der Waals surface area contributed by atoms with Crippen LogP contribution in [0.3, 0.4) is 0 Å². The number of aliphatic carboxylic acids is 1. The highest BCUT2D eigenvalue weighted by atomic mass is 16.4. The van der Waals surface area contributed by atoms with Crippen molar-refractivity contribution < 1.29 is 19.5 Å². The average molecular weight is 311 g/mol. The number of likely N-dealkylation sites (tertiary alicyclic amines) is 1. The Morgan fingerprint density at radius 1 is 1.23 bits per heavy atom. The first-order valence-electron chi connectivity index (χ1n) is 7.72. The normalized spacial score (nSPS) is 28.6. The van der Waals surface area contributed by atoms with E-state index in [0.29, 0.717) is 19.5 Å². The number of nitrogens with zero attached hydrogens (tertiary/aromatic N) is 3. The van der Waals surface area contributed by atoms with Gasteiger partial charge in [0.05, 0.1) is 5.92 Å². The molecule has 4 atom stereocenters. The number of carbonyl (C=O) groups is 3. The van der Waals surface area contributed by atoms with Crippen LogP contribution in [0.4, 0.5) is 0 Å². The molecule has 0 bridgehead atoms. The SMILES string of the molecule is CC(C)[C@@H](C(=O)O)N(C)C(=O)C1CCN(C(=O)[C@H]2CN2C)C1. The van der Waals surface area contributed by atoms with Crippen LogP contribution in [0.25, 0.3) is 0 Å². The van der Waals surface area contributed by atoms with Gasteiger partial charge in [-0.25, -0.2) is 4.79 Å². The lowest BCUT2D eigenvalue weighted by molar-refractivity contribution is -0.152. The maximum Gasteiger partial charge on any atom is 0.326 e. The Kier molecular flexibility index (Phi) is 4.75. The molecular formula is C15H25N3O4. The molecule has 2 heterocycles. The maximum absolute atomic E-state index is 12.5. The lowest BCUT2D eigenvalue weighted by Crippen LogP contribution is -2.48. The Balaban J connectivity index is 1.96. The van der Waals surface area contributed by atoms with E-state index in [2.05, 4.69) is 0 Å². The summed E-state index contributed by atoms with van der Waals surface area (Å²) in [6, 6.07) is -0.860. The lowest BCUT2D eigenvalue weighted by atomic mass is 10.0. The van der Waals surface area contributed by atoms with Crippen molar-refractivity contribution in [1.82, 2.24) is 14.7 Å². The fourth-order valence-electron chi connectivity index (χ4n) is 3.19. The van der Waals surface area contributed by atoms with Crippen molar-refractivity contribution in [3.8, 4) is 0 Å². The molecule has 2 saturated heterocycles. The molecule has 0 aromatic carbocycles. The van der Waals surface area contributed by atoms with Crippen molar-refractivity contribution in [3.63, 3.8) is 0 Å².